The van der Waals surface area contributed by atoms with Crippen LogP contribution in [0.1, 0.15) is 24.0 Å². The molecule has 1 heterocycles. The second-order valence-corrected chi connectivity index (χ2v) is 3.83. The van der Waals surface area contributed by atoms with Crippen LogP contribution in [0.5, 0.6) is 0 Å². The largest absolute Gasteiger partial charge is 0.348 e. The summed E-state index contributed by atoms with van der Waals surface area (Å²) in [4.78, 5) is 2.18. The zero-order valence-corrected chi connectivity index (χ0v) is 8.46. The van der Waals surface area contributed by atoms with Crippen molar-refractivity contribution >= 4 is 5.69 Å². The molecule has 0 saturated carbocycles. The van der Waals surface area contributed by atoms with Crippen LogP contribution < -0.4 is 4.90 Å². The maximum Gasteiger partial charge on any atom is 0.0445 e. The Labute approximate surface area is 79.7 Å². The van der Waals surface area contributed by atoms with Gasteiger partial charge in [0.2, 0.25) is 0 Å². The van der Waals surface area contributed by atoms with Gasteiger partial charge in [0.15, 0.2) is 0 Å². The van der Waals surface area contributed by atoms with E-state index in [1.54, 1.807) is 0 Å². The van der Waals surface area contributed by atoms with Crippen molar-refractivity contribution in [2.24, 2.45) is 0 Å². The van der Waals surface area contributed by atoms with E-state index in [0.29, 0.717) is 5.92 Å². The minimum absolute atomic E-state index is 0.472. The standard InChI is InChI=1S/C12H15N/c1-8-5-6-12-11(7-8)9(2)10(3)13(12)4/h5-7,9H,3H2,1-2,4H3. The molecule has 1 aromatic rings. The zero-order valence-electron chi connectivity index (χ0n) is 8.46. The molecule has 2 rings (SSSR count). The van der Waals surface area contributed by atoms with E-state index in [1.807, 2.05) is 0 Å². The Bertz CT molecular complexity index is 365. The second kappa shape index (κ2) is 2.63. The fourth-order valence-electron chi connectivity index (χ4n) is 1.95. The summed E-state index contributed by atoms with van der Waals surface area (Å²) in [5.74, 6) is 0.472. The lowest BCUT2D eigenvalue weighted by Crippen LogP contribution is -2.10. The molecule has 0 fully saturated rings. The van der Waals surface area contributed by atoms with Gasteiger partial charge < -0.3 is 4.90 Å². The van der Waals surface area contributed by atoms with Crippen LogP contribution in [0.15, 0.2) is 30.5 Å². The summed E-state index contributed by atoms with van der Waals surface area (Å²) >= 11 is 0. The maximum absolute atomic E-state index is 4.09. The molecule has 1 nitrogen and oxygen atoms in total. The molecular formula is C12H15N. The summed E-state index contributed by atoms with van der Waals surface area (Å²) < 4.78 is 0. The fourth-order valence-corrected chi connectivity index (χ4v) is 1.95. The zero-order chi connectivity index (χ0) is 9.59. The fraction of sp³-hybridized carbons (Fsp3) is 0.333. The summed E-state index contributed by atoms with van der Waals surface area (Å²) in [6, 6.07) is 6.59. The van der Waals surface area contributed by atoms with Crippen molar-refractivity contribution in [1.29, 1.82) is 0 Å². The number of benzene rings is 1. The molecule has 0 radical (unpaired) electrons. The van der Waals surface area contributed by atoms with Crippen LogP contribution in [-0.2, 0) is 0 Å². The molecule has 1 aliphatic rings. The van der Waals surface area contributed by atoms with E-state index in [9.17, 15) is 0 Å². The number of fused-ring (bicyclic) bond motifs is 1. The van der Waals surface area contributed by atoms with Gasteiger partial charge in [-0.15, -0.1) is 0 Å². The van der Waals surface area contributed by atoms with E-state index >= 15 is 0 Å². The summed E-state index contributed by atoms with van der Waals surface area (Å²) in [5, 5.41) is 0. The van der Waals surface area contributed by atoms with Crippen LogP contribution in [0.3, 0.4) is 0 Å². The van der Waals surface area contributed by atoms with Gasteiger partial charge in [-0.05, 0) is 18.6 Å². The molecular weight excluding hydrogens is 158 g/mol. The molecule has 13 heavy (non-hydrogen) atoms. The molecule has 1 aliphatic heterocycles. The van der Waals surface area contributed by atoms with Gasteiger partial charge in [0.25, 0.3) is 0 Å². The third-order valence-electron chi connectivity index (χ3n) is 2.94. The smallest absolute Gasteiger partial charge is 0.0445 e. The Kier molecular flexibility index (Phi) is 1.69. The Morgan fingerprint density at radius 1 is 1.38 bits per heavy atom. The van der Waals surface area contributed by atoms with E-state index in [4.69, 9.17) is 0 Å². The first kappa shape index (κ1) is 8.36. The summed E-state index contributed by atoms with van der Waals surface area (Å²) in [5.41, 5.74) is 5.24. The molecule has 0 amide bonds. The predicted octanol–water partition coefficient (Wildman–Crippen LogP) is 3.06. The van der Waals surface area contributed by atoms with Gasteiger partial charge in [-0.3, -0.25) is 0 Å². The number of hydrogen-bond acceptors (Lipinski definition) is 1. The normalized spacial score (nSPS) is 20.7. The molecule has 1 heteroatoms. The number of likely N-dealkylation sites (N-methyl/N-ethyl adjacent to an activating group) is 1. The van der Waals surface area contributed by atoms with Crippen molar-refractivity contribution in [3.05, 3.63) is 41.6 Å². The number of rotatable bonds is 0. The lowest BCUT2D eigenvalue weighted by Gasteiger charge is -2.14. The highest BCUT2D eigenvalue weighted by Gasteiger charge is 2.26. The number of hydrogen-bond donors (Lipinski definition) is 0. The minimum atomic E-state index is 0.472. The van der Waals surface area contributed by atoms with Crippen LogP contribution in [0.2, 0.25) is 0 Å². The number of allylic oxidation sites excluding steroid dienone is 1. The summed E-state index contributed by atoms with van der Waals surface area (Å²) in [7, 11) is 2.08. The summed E-state index contributed by atoms with van der Waals surface area (Å²) in [6.07, 6.45) is 0. The Balaban J connectivity index is 2.60. The molecule has 1 atom stereocenters. The average Bonchev–Trinajstić information content (AvgIpc) is 2.32. The Morgan fingerprint density at radius 2 is 2.08 bits per heavy atom. The highest BCUT2D eigenvalue weighted by atomic mass is 15.1. The van der Waals surface area contributed by atoms with E-state index in [0.717, 1.165) is 0 Å². The number of aryl methyl sites for hydroxylation is 1. The van der Waals surface area contributed by atoms with E-state index in [2.05, 4.69) is 50.6 Å². The summed E-state index contributed by atoms with van der Waals surface area (Å²) in [6.45, 7) is 8.43. The van der Waals surface area contributed by atoms with Crippen molar-refractivity contribution in [3.63, 3.8) is 0 Å². The average molecular weight is 173 g/mol. The molecule has 0 bridgehead atoms. The Hall–Kier alpha value is -1.24. The van der Waals surface area contributed by atoms with Crippen LogP contribution >= 0.6 is 0 Å². The van der Waals surface area contributed by atoms with Crippen molar-refractivity contribution in [1.82, 2.24) is 0 Å². The maximum atomic E-state index is 4.09. The third kappa shape index (κ3) is 1.07. The molecule has 1 aromatic carbocycles. The van der Waals surface area contributed by atoms with Crippen molar-refractivity contribution < 1.29 is 0 Å². The van der Waals surface area contributed by atoms with Gasteiger partial charge in [-0.25, -0.2) is 0 Å². The third-order valence-corrected chi connectivity index (χ3v) is 2.94. The SMILES string of the molecule is C=C1C(C)c2cc(C)ccc2N1C. The Morgan fingerprint density at radius 3 is 2.77 bits per heavy atom. The van der Waals surface area contributed by atoms with Crippen molar-refractivity contribution in [2.45, 2.75) is 19.8 Å². The first-order chi connectivity index (χ1) is 6.11. The van der Waals surface area contributed by atoms with Crippen molar-refractivity contribution in [3.8, 4) is 0 Å². The number of anilines is 1. The van der Waals surface area contributed by atoms with Gasteiger partial charge in [0.05, 0.1) is 0 Å². The van der Waals surface area contributed by atoms with Gasteiger partial charge in [0.1, 0.15) is 0 Å². The van der Waals surface area contributed by atoms with Crippen LogP contribution in [0.25, 0.3) is 0 Å². The lowest BCUT2D eigenvalue weighted by atomic mass is 10.00. The molecule has 0 aliphatic carbocycles. The van der Waals surface area contributed by atoms with Gasteiger partial charge in [-0.1, -0.05) is 31.2 Å². The minimum Gasteiger partial charge on any atom is -0.348 e. The number of nitrogens with zero attached hydrogens (tertiary/aromatic N) is 1. The molecule has 0 N–H and O–H groups in total. The van der Waals surface area contributed by atoms with E-state index in [-0.39, 0.29) is 0 Å². The monoisotopic (exact) mass is 173 g/mol. The van der Waals surface area contributed by atoms with Crippen molar-refractivity contribution in [2.75, 3.05) is 11.9 Å². The van der Waals surface area contributed by atoms with Gasteiger partial charge >= 0.3 is 0 Å². The first-order valence-corrected chi connectivity index (χ1v) is 4.64. The van der Waals surface area contributed by atoms with Gasteiger partial charge in [-0.2, -0.15) is 0 Å². The van der Waals surface area contributed by atoms with Crippen LogP contribution in [0.4, 0.5) is 5.69 Å². The molecule has 0 saturated heterocycles. The highest BCUT2D eigenvalue weighted by molar-refractivity contribution is 5.67. The van der Waals surface area contributed by atoms with Crippen LogP contribution in [0, 0.1) is 6.92 Å². The molecule has 0 aromatic heterocycles. The predicted molar refractivity (Wildman–Crippen MR) is 57.1 cm³/mol. The quantitative estimate of drug-likeness (QED) is 0.583. The van der Waals surface area contributed by atoms with Crippen LogP contribution in [-0.4, -0.2) is 7.05 Å². The second-order valence-electron chi connectivity index (χ2n) is 3.83. The molecule has 0 spiro atoms. The highest BCUT2D eigenvalue weighted by Crippen LogP contribution is 2.41. The molecule has 1 unspecified atom stereocenters. The lowest BCUT2D eigenvalue weighted by molar-refractivity contribution is 0.913. The van der Waals surface area contributed by atoms with E-state index in [1.165, 1.54) is 22.5 Å². The topological polar surface area (TPSA) is 3.24 Å². The van der Waals surface area contributed by atoms with Gasteiger partial charge in [0, 0.05) is 24.4 Å². The first-order valence-electron chi connectivity index (χ1n) is 4.64. The van der Waals surface area contributed by atoms with E-state index < -0.39 is 0 Å². The molecule has 68 valence electrons.